The lowest BCUT2D eigenvalue weighted by Gasteiger charge is -2.14. The largest absolute Gasteiger partial charge is 0.368 e. The summed E-state index contributed by atoms with van der Waals surface area (Å²) in [6, 6.07) is 3.91. The van der Waals surface area contributed by atoms with Crippen molar-refractivity contribution in [2.45, 2.75) is 38.5 Å². The molecule has 0 aromatic carbocycles. The third-order valence-corrected chi connectivity index (χ3v) is 3.71. The maximum atomic E-state index is 4.42. The highest BCUT2D eigenvalue weighted by molar-refractivity contribution is 5.42. The molecule has 1 aliphatic rings. The molecule has 5 heteroatoms. The van der Waals surface area contributed by atoms with Crippen LogP contribution in [0.2, 0.25) is 0 Å². The van der Waals surface area contributed by atoms with E-state index in [1.54, 1.807) is 10.8 Å². The Hall–Kier alpha value is -1.65. The summed E-state index contributed by atoms with van der Waals surface area (Å²) in [6.45, 7) is 1.03. The van der Waals surface area contributed by atoms with Crippen LogP contribution in [-0.4, -0.2) is 26.4 Å². The van der Waals surface area contributed by atoms with Crippen LogP contribution >= 0.6 is 0 Å². The lowest BCUT2D eigenvalue weighted by Crippen LogP contribution is -2.15. The molecule has 96 valence electrons. The highest BCUT2D eigenvalue weighted by Crippen LogP contribution is 2.22. The third kappa shape index (κ3) is 2.60. The van der Waals surface area contributed by atoms with Gasteiger partial charge in [0.05, 0.1) is 0 Å². The zero-order valence-electron chi connectivity index (χ0n) is 10.5. The van der Waals surface area contributed by atoms with Crippen molar-refractivity contribution in [2.75, 3.05) is 11.9 Å². The Balaban J connectivity index is 1.61. The van der Waals surface area contributed by atoms with E-state index >= 15 is 0 Å². The van der Waals surface area contributed by atoms with Crippen molar-refractivity contribution >= 4 is 11.5 Å². The molecular weight excluding hydrogens is 226 g/mol. The van der Waals surface area contributed by atoms with Crippen molar-refractivity contribution in [3.8, 4) is 0 Å². The fraction of sp³-hybridized carbons (Fsp3) is 0.615. The van der Waals surface area contributed by atoms with Crippen LogP contribution in [0, 0.1) is 5.92 Å². The molecule has 0 amide bonds. The summed E-state index contributed by atoms with van der Waals surface area (Å²) in [5, 5.41) is 15.6. The van der Waals surface area contributed by atoms with Crippen LogP contribution in [0.3, 0.4) is 0 Å². The molecule has 0 atom stereocenters. The van der Waals surface area contributed by atoms with Crippen molar-refractivity contribution in [3.63, 3.8) is 0 Å². The minimum Gasteiger partial charge on any atom is -0.368 e. The molecule has 1 N–H and O–H groups in total. The Morgan fingerprint density at radius 2 is 2.00 bits per heavy atom. The molecule has 2 heterocycles. The summed E-state index contributed by atoms with van der Waals surface area (Å²) in [5.41, 5.74) is 0.787. The van der Waals surface area contributed by atoms with E-state index in [0.717, 1.165) is 23.9 Å². The summed E-state index contributed by atoms with van der Waals surface area (Å²) >= 11 is 0. The molecule has 18 heavy (non-hydrogen) atoms. The van der Waals surface area contributed by atoms with Crippen LogP contribution in [0.5, 0.6) is 0 Å². The van der Waals surface area contributed by atoms with E-state index < -0.39 is 0 Å². The minimum atomic E-state index is 0.787. The highest BCUT2D eigenvalue weighted by atomic mass is 15.4. The quantitative estimate of drug-likeness (QED) is 0.844. The van der Waals surface area contributed by atoms with E-state index in [9.17, 15) is 0 Å². The topological polar surface area (TPSA) is 55.1 Å². The Morgan fingerprint density at radius 3 is 2.83 bits per heavy atom. The molecule has 0 saturated heterocycles. The predicted molar refractivity (Wildman–Crippen MR) is 70.5 cm³/mol. The zero-order valence-corrected chi connectivity index (χ0v) is 10.5. The molecule has 1 saturated carbocycles. The Kier molecular flexibility index (Phi) is 3.39. The summed E-state index contributed by atoms with van der Waals surface area (Å²) in [5.74, 6) is 1.71. The van der Waals surface area contributed by atoms with E-state index in [2.05, 4.69) is 20.6 Å². The third-order valence-electron chi connectivity index (χ3n) is 3.71. The number of anilines is 1. The van der Waals surface area contributed by atoms with E-state index in [1.807, 2.05) is 12.1 Å². The Labute approximate surface area is 107 Å². The molecule has 5 nitrogen and oxygen atoms in total. The van der Waals surface area contributed by atoms with Gasteiger partial charge in [-0.25, -0.2) is 0 Å². The number of nitrogens with zero attached hydrogens (tertiary/aromatic N) is 4. The van der Waals surface area contributed by atoms with Crippen LogP contribution in [0.15, 0.2) is 18.5 Å². The van der Waals surface area contributed by atoms with Gasteiger partial charge in [0.2, 0.25) is 0 Å². The summed E-state index contributed by atoms with van der Waals surface area (Å²) < 4.78 is 1.70. The predicted octanol–water partition coefficient (Wildman–Crippen LogP) is 2.51. The molecule has 2 aromatic heterocycles. The fourth-order valence-electron chi connectivity index (χ4n) is 2.64. The first-order valence-electron chi connectivity index (χ1n) is 6.83. The van der Waals surface area contributed by atoms with Gasteiger partial charge in [0, 0.05) is 6.54 Å². The number of nitrogens with one attached hydrogen (secondary N) is 1. The molecule has 1 fully saturated rings. The molecule has 0 unspecified atom stereocenters. The van der Waals surface area contributed by atoms with Crippen molar-refractivity contribution < 1.29 is 0 Å². The summed E-state index contributed by atoms with van der Waals surface area (Å²) in [7, 11) is 0. The van der Waals surface area contributed by atoms with Crippen molar-refractivity contribution in [1.82, 2.24) is 19.8 Å². The molecule has 2 aromatic rings. The van der Waals surface area contributed by atoms with E-state index in [4.69, 9.17) is 0 Å². The number of aromatic nitrogens is 4. The lowest BCUT2D eigenvalue weighted by molar-refractivity contribution is 0.482. The monoisotopic (exact) mass is 245 g/mol. The van der Waals surface area contributed by atoms with Crippen LogP contribution < -0.4 is 5.32 Å². The second kappa shape index (κ2) is 5.33. The molecule has 0 bridgehead atoms. The van der Waals surface area contributed by atoms with Crippen molar-refractivity contribution in [1.29, 1.82) is 0 Å². The molecule has 0 radical (unpaired) electrons. The number of fused-ring (bicyclic) bond motifs is 1. The molecular formula is C13H19N5. The lowest BCUT2D eigenvalue weighted by atomic mass is 10.0. The average Bonchev–Trinajstić information content (AvgIpc) is 2.70. The summed E-state index contributed by atoms with van der Waals surface area (Å²) in [6.07, 6.45) is 9.90. The summed E-state index contributed by atoms with van der Waals surface area (Å²) in [4.78, 5) is 0. The van der Waals surface area contributed by atoms with Gasteiger partial charge in [-0.2, -0.15) is 4.52 Å². The van der Waals surface area contributed by atoms with Crippen LogP contribution in [0.25, 0.3) is 5.65 Å². The van der Waals surface area contributed by atoms with Crippen molar-refractivity contribution in [2.24, 2.45) is 5.92 Å². The SMILES string of the molecule is c1cc2nncn2nc1NCC1CCCCCC1. The van der Waals surface area contributed by atoms with E-state index in [0.29, 0.717) is 0 Å². The molecule has 1 aliphatic carbocycles. The standard InChI is InChI=1S/C13H19N5/c1-2-4-6-11(5-3-1)9-14-12-7-8-13-16-15-10-18(13)17-12/h7-8,10-11H,1-6,9H2,(H,14,17). The van der Waals surface area contributed by atoms with Gasteiger partial charge in [0.15, 0.2) is 5.65 Å². The molecule has 0 aliphatic heterocycles. The Morgan fingerprint density at radius 1 is 1.17 bits per heavy atom. The zero-order chi connectivity index (χ0) is 12.2. The van der Waals surface area contributed by atoms with Gasteiger partial charge in [0.1, 0.15) is 12.1 Å². The first kappa shape index (κ1) is 11.4. The molecule has 3 rings (SSSR count). The second-order valence-electron chi connectivity index (χ2n) is 5.09. The maximum absolute atomic E-state index is 4.42. The minimum absolute atomic E-state index is 0.787. The van der Waals surface area contributed by atoms with Crippen molar-refractivity contribution in [3.05, 3.63) is 18.5 Å². The van der Waals surface area contributed by atoms with Crippen LogP contribution in [0.4, 0.5) is 5.82 Å². The average molecular weight is 245 g/mol. The molecule has 0 spiro atoms. The van der Waals surface area contributed by atoms with Gasteiger partial charge >= 0.3 is 0 Å². The van der Waals surface area contributed by atoms with Gasteiger partial charge < -0.3 is 5.32 Å². The maximum Gasteiger partial charge on any atom is 0.177 e. The number of rotatable bonds is 3. The first-order chi connectivity index (χ1) is 8.92. The van der Waals surface area contributed by atoms with E-state index in [1.165, 1.54) is 38.5 Å². The normalized spacial score (nSPS) is 17.8. The first-order valence-corrected chi connectivity index (χ1v) is 6.83. The van der Waals surface area contributed by atoms with E-state index in [-0.39, 0.29) is 0 Å². The Bertz CT molecular complexity index is 499. The van der Waals surface area contributed by atoms with Crippen LogP contribution in [-0.2, 0) is 0 Å². The number of hydrogen-bond donors (Lipinski definition) is 1. The van der Waals surface area contributed by atoms with Gasteiger partial charge in [-0.15, -0.1) is 15.3 Å². The van der Waals surface area contributed by atoms with Gasteiger partial charge in [-0.1, -0.05) is 25.7 Å². The fourth-order valence-corrected chi connectivity index (χ4v) is 2.64. The van der Waals surface area contributed by atoms with Gasteiger partial charge in [0.25, 0.3) is 0 Å². The van der Waals surface area contributed by atoms with Gasteiger partial charge in [-0.3, -0.25) is 0 Å². The smallest absolute Gasteiger partial charge is 0.177 e. The van der Waals surface area contributed by atoms with Gasteiger partial charge in [-0.05, 0) is 30.9 Å². The number of hydrogen-bond acceptors (Lipinski definition) is 4. The van der Waals surface area contributed by atoms with Crippen LogP contribution in [0.1, 0.15) is 38.5 Å². The highest BCUT2D eigenvalue weighted by Gasteiger charge is 2.12. The second-order valence-corrected chi connectivity index (χ2v) is 5.09.